The van der Waals surface area contributed by atoms with Gasteiger partial charge in [-0.1, -0.05) is 0 Å². The number of likely N-dealkylation sites (N-methyl/N-ethyl adjacent to an activating group) is 1. The SMILES string of the molecule is Cc1cc(C(=O)N(C)CC(O)C2CC2)cc(=O)[nH]1. The Labute approximate surface area is 105 Å². The molecule has 18 heavy (non-hydrogen) atoms. The van der Waals surface area contributed by atoms with Crippen molar-refractivity contribution in [1.82, 2.24) is 9.88 Å². The van der Waals surface area contributed by atoms with Gasteiger partial charge in [-0.05, 0) is 31.7 Å². The zero-order chi connectivity index (χ0) is 13.3. The lowest BCUT2D eigenvalue weighted by atomic mass is 10.2. The molecule has 2 N–H and O–H groups in total. The number of aromatic nitrogens is 1. The van der Waals surface area contributed by atoms with Gasteiger partial charge in [0.25, 0.3) is 5.91 Å². The Morgan fingerprint density at radius 1 is 1.56 bits per heavy atom. The third kappa shape index (κ3) is 2.98. The van der Waals surface area contributed by atoms with Crippen LogP contribution in [0.4, 0.5) is 0 Å². The van der Waals surface area contributed by atoms with Crippen molar-refractivity contribution in [3.05, 3.63) is 33.7 Å². The molecule has 1 saturated carbocycles. The third-order valence-electron chi connectivity index (χ3n) is 3.20. The van der Waals surface area contributed by atoms with E-state index in [1.807, 2.05) is 0 Å². The van der Waals surface area contributed by atoms with E-state index in [2.05, 4.69) is 4.98 Å². The number of aliphatic hydroxyl groups is 1. The van der Waals surface area contributed by atoms with Crippen molar-refractivity contribution in [1.29, 1.82) is 0 Å². The topological polar surface area (TPSA) is 73.4 Å². The van der Waals surface area contributed by atoms with Crippen LogP contribution in [-0.2, 0) is 0 Å². The van der Waals surface area contributed by atoms with Crippen molar-refractivity contribution in [2.45, 2.75) is 25.9 Å². The van der Waals surface area contributed by atoms with Crippen molar-refractivity contribution < 1.29 is 9.90 Å². The molecule has 98 valence electrons. The minimum atomic E-state index is -0.456. The van der Waals surface area contributed by atoms with E-state index >= 15 is 0 Å². The molecule has 1 aromatic heterocycles. The zero-order valence-electron chi connectivity index (χ0n) is 10.6. The molecule has 1 fully saturated rings. The first-order chi connectivity index (χ1) is 8.47. The molecule has 0 radical (unpaired) electrons. The average Bonchev–Trinajstić information content (AvgIpc) is 3.10. The number of H-pyrrole nitrogens is 1. The minimum Gasteiger partial charge on any atom is -0.391 e. The molecule has 0 spiro atoms. The zero-order valence-corrected chi connectivity index (χ0v) is 10.6. The molecule has 1 amide bonds. The fourth-order valence-corrected chi connectivity index (χ4v) is 2.02. The molecule has 1 aliphatic rings. The van der Waals surface area contributed by atoms with Gasteiger partial charge in [0.1, 0.15) is 0 Å². The van der Waals surface area contributed by atoms with Crippen molar-refractivity contribution in [2.24, 2.45) is 5.92 Å². The molecular formula is C13H18N2O3. The second-order valence-electron chi connectivity index (χ2n) is 5.01. The van der Waals surface area contributed by atoms with Crippen LogP contribution in [0.5, 0.6) is 0 Å². The quantitative estimate of drug-likeness (QED) is 0.818. The summed E-state index contributed by atoms with van der Waals surface area (Å²) in [5.41, 5.74) is 0.734. The number of aromatic amines is 1. The Morgan fingerprint density at radius 3 is 2.78 bits per heavy atom. The Bertz CT molecular complexity index is 505. The minimum absolute atomic E-state index is 0.232. The molecule has 5 nitrogen and oxygen atoms in total. The molecule has 1 heterocycles. The standard InChI is InChI=1S/C13H18N2O3/c1-8-5-10(6-12(17)14-8)13(18)15(2)7-11(16)9-3-4-9/h5-6,9,11,16H,3-4,7H2,1-2H3,(H,14,17). The van der Waals surface area contributed by atoms with E-state index in [9.17, 15) is 14.7 Å². The van der Waals surface area contributed by atoms with Crippen LogP contribution in [0.2, 0.25) is 0 Å². The summed E-state index contributed by atoms with van der Waals surface area (Å²) < 4.78 is 0. The molecular weight excluding hydrogens is 232 g/mol. The number of carbonyl (C=O) groups excluding carboxylic acids is 1. The molecule has 0 saturated heterocycles. The highest BCUT2D eigenvalue weighted by Gasteiger charge is 2.31. The number of aliphatic hydroxyl groups excluding tert-OH is 1. The monoisotopic (exact) mass is 250 g/mol. The third-order valence-corrected chi connectivity index (χ3v) is 3.20. The molecule has 0 bridgehead atoms. The summed E-state index contributed by atoms with van der Waals surface area (Å²) in [5, 5.41) is 9.80. The van der Waals surface area contributed by atoms with Crippen LogP contribution in [0.25, 0.3) is 0 Å². The fraction of sp³-hybridized carbons (Fsp3) is 0.538. The van der Waals surface area contributed by atoms with Gasteiger partial charge < -0.3 is 15.0 Å². The number of carbonyl (C=O) groups is 1. The normalized spacial score (nSPS) is 16.4. The molecule has 1 aliphatic carbocycles. The van der Waals surface area contributed by atoms with Crippen molar-refractivity contribution in [3.63, 3.8) is 0 Å². The van der Waals surface area contributed by atoms with Crippen LogP contribution in [0.1, 0.15) is 28.9 Å². The first kappa shape index (κ1) is 12.8. The van der Waals surface area contributed by atoms with E-state index in [1.165, 1.54) is 11.0 Å². The Hall–Kier alpha value is -1.62. The second-order valence-corrected chi connectivity index (χ2v) is 5.01. The van der Waals surface area contributed by atoms with Gasteiger partial charge in [0.05, 0.1) is 6.10 Å². The summed E-state index contributed by atoms with van der Waals surface area (Å²) in [5.74, 6) is 0.102. The number of amides is 1. The molecule has 1 unspecified atom stereocenters. The lowest BCUT2D eigenvalue weighted by molar-refractivity contribution is 0.0645. The maximum Gasteiger partial charge on any atom is 0.253 e. The molecule has 0 aliphatic heterocycles. The van der Waals surface area contributed by atoms with Gasteiger partial charge in [-0.2, -0.15) is 0 Å². The lowest BCUT2D eigenvalue weighted by Gasteiger charge is -2.20. The van der Waals surface area contributed by atoms with Gasteiger partial charge in [-0.25, -0.2) is 0 Å². The van der Waals surface area contributed by atoms with Gasteiger partial charge in [0.15, 0.2) is 0 Å². The number of aryl methyl sites for hydroxylation is 1. The van der Waals surface area contributed by atoms with E-state index in [4.69, 9.17) is 0 Å². The van der Waals surface area contributed by atoms with Crippen LogP contribution >= 0.6 is 0 Å². The van der Waals surface area contributed by atoms with Crippen molar-refractivity contribution in [2.75, 3.05) is 13.6 Å². The molecule has 5 heteroatoms. The lowest BCUT2D eigenvalue weighted by Crippen LogP contribution is -2.35. The molecule has 1 aromatic rings. The van der Waals surface area contributed by atoms with Crippen LogP contribution < -0.4 is 5.56 Å². The number of pyridine rings is 1. The van der Waals surface area contributed by atoms with E-state index in [-0.39, 0.29) is 11.5 Å². The van der Waals surface area contributed by atoms with Crippen LogP contribution in [-0.4, -0.2) is 40.6 Å². The Balaban J connectivity index is 2.07. The second kappa shape index (κ2) is 4.94. The summed E-state index contributed by atoms with van der Waals surface area (Å²) in [6.45, 7) is 2.05. The number of nitrogens with zero attached hydrogens (tertiary/aromatic N) is 1. The van der Waals surface area contributed by atoms with Gasteiger partial charge in [-0.15, -0.1) is 0 Å². The molecule has 1 atom stereocenters. The Morgan fingerprint density at radius 2 is 2.22 bits per heavy atom. The highest BCUT2D eigenvalue weighted by Crippen LogP contribution is 2.32. The number of rotatable bonds is 4. The van der Waals surface area contributed by atoms with Gasteiger partial charge >= 0.3 is 0 Å². The number of nitrogens with one attached hydrogen (secondary N) is 1. The predicted octanol–water partition coefficient (Wildman–Crippen LogP) is 0.526. The van der Waals surface area contributed by atoms with Gasteiger partial charge in [0, 0.05) is 30.9 Å². The van der Waals surface area contributed by atoms with E-state index < -0.39 is 6.10 Å². The van der Waals surface area contributed by atoms with Crippen molar-refractivity contribution >= 4 is 5.91 Å². The maximum atomic E-state index is 12.1. The van der Waals surface area contributed by atoms with Crippen LogP contribution in [0, 0.1) is 12.8 Å². The summed E-state index contributed by atoms with van der Waals surface area (Å²) in [4.78, 5) is 27.5. The summed E-state index contributed by atoms with van der Waals surface area (Å²) >= 11 is 0. The first-order valence-corrected chi connectivity index (χ1v) is 6.12. The summed E-state index contributed by atoms with van der Waals surface area (Å²) in [6.07, 6.45) is 1.61. The molecule has 2 rings (SSSR count). The fourth-order valence-electron chi connectivity index (χ4n) is 2.02. The highest BCUT2D eigenvalue weighted by atomic mass is 16.3. The van der Waals surface area contributed by atoms with Crippen molar-refractivity contribution in [3.8, 4) is 0 Å². The van der Waals surface area contributed by atoms with E-state index in [0.717, 1.165) is 12.8 Å². The van der Waals surface area contributed by atoms with Gasteiger partial charge in [0.2, 0.25) is 5.56 Å². The average molecular weight is 250 g/mol. The highest BCUT2D eigenvalue weighted by molar-refractivity contribution is 5.94. The largest absolute Gasteiger partial charge is 0.391 e. The predicted molar refractivity (Wildman–Crippen MR) is 67.5 cm³/mol. The smallest absolute Gasteiger partial charge is 0.253 e. The van der Waals surface area contributed by atoms with Gasteiger partial charge in [-0.3, -0.25) is 9.59 Å². The summed E-state index contributed by atoms with van der Waals surface area (Å²) in [7, 11) is 1.64. The first-order valence-electron chi connectivity index (χ1n) is 6.12. The number of hydrogen-bond acceptors (Lipinski definition) is 3. The van der Waals surface area contributed by atoms with Crippen LogP contribution in [0.15, 0.2) is 16.9 Å². The maximum absolute atomic E-state index is 12.1. The number of hydrogen-bond donors (Lipinski definition) is 2. The van der Waals surface area contributed by atoms with E-state index in [1.54, 1.807) is 20.0 Å². The van der Waals surface area contributed by atoms with Crippen LogP contribution in [0.3, 0.4) is 0 Å². The van der Waals surface area contributed by atoms with E-state index in [0.29, 0.717) is 23.7 Å². The molecule has 0 aromatic carbocycles. The summed E-state index contributed by atoms with van der Waals surface area (Å²) in [6, 6.07) is 2.93. The Kier molecular flexibility index (Phi) is 3.52.